The van der Waals surface area contributed by atoms with E-state index in [0.717, 1.165) is 18.8 Å². The summed E-state index contributed by atoms with van der Waals surface area (Å²) in [5, 5.41) is 10.9. The molecule has 0 aliphatic carbocycles. The predicted octanol–water partition coefficient (Wildman–Crippen LogP) is 3.57. The van der Waals surface area contributed by atoms with Crippen LogP contribution in [-0.2, 0) is 5.88 Å². The number of hydrogen-bond donors (Lipinski definition) is 0. The summed E-state index contributed by atoms with van der Waals surface area (Å²) in [5.74, 6) is 0.849. The summed E-state index contributed by atoms with van der Waals surface area (Å²) in [4.78, 5) is 12.8. The summed E-state index contributed by atoms with van der Waals surface area (Å²) in [6.45, 7) is 4.27. The maximum Gasteiger partial charge on any atom is 0.273 e. The zero-order valence-electron chi connectivity index (χ0n) is 10.4. The van der Waals surface area contributed by atoms with Crippen molar-refractivity contribution in [3.05, 3.63) is 33.9 Å². The predicted molar refractivity (Wildman–Crippen MR) is 73.3 cm³/mol. The number of nitro benzene ring substituents is 1. The Morgan fingerprint density at radius 2 is 2.33 bits per heavy atom. The molecule has 0 spiro atoms. The molecule has 0 N–H and O–H groups in total. The molecule has 98 valence electrons. The lowest BCUT2D eigenvalue weighted by atomic mass is 9.99. The van der Waals surface area contributed by atoms with Gasteiger partial charge in [-0.05, 0) is 30.9 Å². The lowest BCUT2D eigenvalue weighted by Crippen LogP contribution is -2.34. The van der Waals surface area contributed by atoms with E-state index >= 15 is 0 Å². The first-order valence-electron chi connectivity index (χ1n) is 6.20. The minimum absolute atomic E-state index is 0.110. The maximum atomic E-state index is 10.9. The van der Waals surface area contributed by atoms with Crippen molar-refractivity contribution in [2.75, 3.05) is 18.0 Å². The Hall–Kier alpha value is -1.29. The number of halogens is 1. The molecule has 0 saturated carbocycles. The van der Waals surface area contributed by atoms with Crippen LogP contribution in [0.1, 0.15) is 25.3 Å². The Balaban J connectivity index is 2.26. The van der Waals surface area contributed by atoms with Gasteiger partial charge in [0.1, 0.15) is 0 Å². The van der Waals surface area contributed by atoms with E-state index in [9.17, 15) is 10.1 Å². The summed E-state index contributed by atoms with van der Waals surface area (Å²) in [6, 6.07) is 5.24. The Labute approximate surface area is 112 Å². The van der Waals surface area contributed by atoms with Gasteiger partial charge >= 0.3 is 0 Å². The van der Waals surface area contributed by atoms with Crippen molar-refractivity contribution in [1.82, 2.24) is 0 Å². The second-order valence-electron chi connectivity index (χ2n) is 4.90. The first kappa shape index (κ1) is 13.1. The highest BCUT2D eigenvalue weighted by Crippen LogP contribution is 2.29. The smallest absolute Gasteiger partial charge is 0.273 e. The van der Waals surface area contributed by atoms with Crippen LogP contribution in [0.3, 0.4) is 0 Å². The van der Waals surface area contributed by atoms with E-state index in [2.05, 4.69) is 11.8 Å². The number of alkyl halides is 1. The molecule has 1 unspecified atom stereocenters. The Morgan fingerprint density at radius 3 is 2.94 bits per heavy atom. The highest BCUT2D eigenvalue weighted by Gasteiger charge is 2.19. The van der Waals surface area contributed by atoms with Gasteiger partial charge in [0.15, 0.2) is 0 Å². The Kier molecular flexibility index (Phi) is 4.07. The third kappa shape index (κ3) is 2.75. The van der Waals surface area contributed by atoms with Crippen LogP contribution >= 0.6 is 11.6 Å². The molecule has 1 saturated heterocycles. The fraction of sp³-hybridized carbons (Fsp3) is 0.538. The molecule has 0 bridgehead atoms. The van der Waals surface area contributed by atoms with E-state index < -0.39 is 0 Å². The molecular weight excluding hydrogens is 252 g/mol. The molecule has 4 nitrogen and oxygen atoms in total. The molecule has 2 rings (SSSR count). The number of rotatable bonds is 3. The van der Waals surface area contributed by atoms with Crippen LogP contribution in [0.2, 0.25) is 0 Å². The average Bonchev–Trinajstić information content (AvgIpc) is 2.37. The zero-order valence-corrected chi connectivity index (χ0v) is 11.2. The van der Waals surface area contributed by atoms with Crippen LogP contribution in [-0.4, -0.2) is 18.0 Å². The van der Waals surface area contributed by atoms with Gasteiger partial charge in [-0.2, -0.15) is 0 Å². The molecule has 1 aliphatic rings. The molecule has 1 atom stereocenters. The molecule has 0 amide bonds. The molecule has 0 aromatic heterocycles. The van der Waals surface area contributed by atoms with Crippen molar-refractivity contribution in [3.63, 3.8) is 0 Å². The van der Waals surface area contributed by atoms with Crippen LogP contribution in [0, 0.1) is 16.0 Å². The molecule has 1 heterocycles. The van der Waals surface area contributed by atoms with Crippen LogP contribution in [0.15, 0.2) is 18.2 Å². The van der Waals surface area contributed by atoms with Gasteiger partial charge < -0.3 is 4.90 Å². The van der Waals surface area contributed by atoms with E-state index in [0.29, 0.717) is 11.5 Å². The van der Waals surface area contributed by atoms with Crippen molar-refractivity contribution >= 4 is 23.0 Å². The van der Waals surface area contributed by atoms with Crippen LogP contribution in [0.4, 0.5) is 11.4 Å². The van der Waals surface area contributed by atoms with Crippen molar-refractivity contribution < 1.29 is 4.92 Å². The normalized spacial score (nSPS) is 19.9. The second-order valence-corrected chi connectivity index (χ2v) is 5.16. The van der Waals surface area contributed by atoms with E-state index in [4.69, 9.17) is 11.6 Å². The Bertz CT molecular complexity index is 451. The third-order valence-electron chi connectivity index (χ3n) is 3.43. The zero-order chi connectivity index (χ0) is 13.1. The molecular formula is C13H17ClN2O2. The van der Waals surface area contributed by atoms with Gasteiger partial charge in [-0.3, -0.25) is 10.1 Å². The SMILES string of the molecule is CC1CCCN(c2ccc([N+](=O)[O-])c(CCl)c2)C1. The summed E-state index contributed by atoms with van der Waals surface area (Å²) in [7, 11) is 0. The van der Waals surface area contributed by atoms with Gasteiger partial charge in [0.2, 0.25) is 0 Å². The number of hydrogen-bond acceptors (Lipinski definition) is 3. The van der Waals surface area contributed by atoms with E-state index in [1.807, 2.05) is 12.1 Å². The van der Waals surface area contributed by atoms with Gasteiger partial charge in [0.05, 0.1) is 10.8 Å². The number of nitrogens with zero attached hydrogens (tertiary/aromatic N) is 2. The van der Waals surface area contributed by atoms with Gasteiger partial charge in [-0.1, -0.05) is 6.92 Å². The topological polar surface area (TPSA) is 46.4 Å². The van der Waals surface area contributed by atoms with Crippen LogP contribution in [0.5, 0.6) is 0 Å². The summed E-state index contributed by atoms with van der Waals surface area (Å²) < 4.78 is 0. The number of piperidine rings is 1. The van der Waals surface area contributed by atoms with Crippen LogP contribution in [0.25, 0.3) is 0 Å². The van der Waals surface area contributed by atoms with E-state index in [-0.39, 0.29) is 16.5 Å². The molecule has 5 heteroatoms. The van der Waals surface area contributed by atoms with Gasteiger partial charge in [-0.25, -0.2) is 0 Å². The average molecular weight is 269 g/mol. The fourth-order valence-electron chi connectivity index (χ4n) is 2.48. The first-order valence-corrected chi connectivity index (χ1v) is 6.73. The summed E-state index contributed by atoms with van der Waals surface area (Å²) in [5.41, 5.74) is 1.75. The summed E-state index contributed by atoms with van der Waals surface area (Å²) in [6.07, 6.45) is 2.43. The molecule has 1 aromatic carbocycles. The first-order chi connectivity index (χ1) is 8.61. The monoisotopic (exact) mass is 268 g/mol. The maximum absolute atomic E-state index is 10.9. The second kappa shape index (κ2) is 5.57. The molecule has 1 fully saturated rings. The van der Waals surface area contributed by atoms with Gasteiger partial charge in [-0.15, -0.1) is 11.6 Å². The number of anilines is 1. The van der Waals surface area contributed by atoms with Gasteiger partial charge in [0.25, 0.3) is 5.69 Å². The van der Waals surface area contributed by atoms with Gasteiger partial charge in [0, 0.05) is 30.4 Å². The fourth-order valence-corrected chi connectivity index (χ4v) is 2.69. The number of benzene rings is 1. The van der Waals surface area contributed by atoms with Crippen molar-refractivity contribution in [2.45, 2.75) is 25.6 Å². The minimum atomic E-state index is -0.375. The lowest BCUT2D eigenvalue weighted by Gasteiger charge is -2.33. The highest BCUT2D eigenvalue weighted by atomic mass is 35.5. The molecule has 18 heavy (non-hydrogen) atoms. The highest BCUT2D eigenvalue weighted by molar-refractivity contribution is 6.17. The molecule has 1 aliphatic heterocycles. The summed E-state index contributed by atoms with van der Waals surface area (Å²) >= 11 is 5.79. The number of nitro groups is 1. The van der Waals surface area contributed by atoms with Crippen molar-refractivity contribution in [3.8, 4) is 0 Å². The van der Waals surface area contributed by atoms with Crippen molar-refractivity contribution in [2.24, 2.45) is 5.92 Å². The van der Waals surface area contributed by atoms with E-state index in [1.165, 1.54) is 12.8 Å². The quantitative estimate of drug-likeness (QED) is 0.478. The largest absolute Gasteiger partial charge is 0.371 e. The lowest BCUT2D eigenvalue weighted by molar-refractivity contribution is -0.385. The van der Waals surface area contributed by atoms with Crippen molar-refractivity contribution in [1.29, 1.82) is 0 Å². The van der Waals surface area contributed by atoms with E-state index in [1.54, 1.807) is 6.07 Å². The molecule has 0 radical (unpaired) electrons. The third-order valence-corrected chi connectivity index (χ3v) is 3.71. The minimum Gasteiger partial charge on any atom is -0.371 e. The molecule has 1 aromatic rings. The Morgan fingerprint density at radius 1 is 1.56 bits per heavy atom. The van der Waals surface area contributed by atoms with Crippen LogP contribution < -0.4 is 4.90 Å². The standard InChI is InChI=1S/C13H17ClN2O2/c1-10-3-2-6-15(9-10)12-4-5-13(16(17)18)11(7-12)8-14/h4-5,7,10H,2-3,6,8-9H2,1H3.